The Morgan fingerprint density at radius 1 is 1.14 bits per heavy atom. The molecule has 1 saturated heterocycles. The van der Waals surface area contributed by atoms with Crippen LogP contribution in [0.4, 0.5) is 4.79 Å². The van der Waals surface area contributed by atoms with Gasteiger partial charge in [0.25, 0.3) is 0 Å². The van der Waals surface area contributed by atoms with Crippen molar-refractivity contribution < 1.29 is 24.3 Å². The molecule has 1 N–H and O–H groups in total. The van der Waals surface area contributed by atoms with E-state index in [-0.39, 0.29) is 18.4 Å². The third-order valence-electron chi connectivity index (χ3n) is 7.04. The third-order valence-corrected chi connectivity index (χ3v) is 7.04. The first-order valence-electron chi connectivity index (χ1n) is 12.6. The number of ether oxygens (including phenoxy) is 1. The summed E-state index contributed by atoms with van der Waals surface area (Å²) in [4.78, 5) is 28.9. The molecule has 0 radical (unpaired) electrons. The molecule has 4 heterocycles. The molecule has 3 aromatic rings. The number of rotatable bonds is 5. The van der Waals surface area contributed by atoms with Gasteiger partial charge in [0.1, 0.15) is 5.60 Å². The van der Waals surface area contributed by atoms with Gasteiger partial charge in [-0.2, -0.15) is 0 Å². The highest BCUT2D eigenvalue weighted by atomic mass is 16.8. The number of carbonyl (C=O) groups is 2. The number of carbonyl (C=O) groups excluding carboxylic acids is 1. The average molecular weight is 496 g/mol. The predicted molar refractivity (Wildman–Crippen MR) is 132 cm³/mol. The molecule has 0 amide bonds. The Morgan fingerprint density at radius 2 is 1.89 bits per heavy atom. The average Bonchev–Trinajstić information content (AvgIpc) is 3.42. The number of carboxylic acid groups (broad SMARTS) is 1. The fourth-order valence-corrected chi connectivity index (χ4v) is 5.52. The predicted octanol–water partition coefficient (Wildman–Crippen LogP) is 4.09. The van der Waals surface area contributed by atoms with Crippen LogP contribution in [-0.4, -0.2) is 60.5 Å². The van der Waals surface area contributed by atoms with Gasteiger partial charge in [-0.1, -0.05) is 23.4 Å². The topological polar surface area (TPSA) is 112 Å². The van der Waals surface area contributed by atoms with E-state index in [1.54, 1.807) is 5.06 Å². The van der Waals surface area contributed by atoms with E-state index in [9.17, 15) is 14.7 Å². The highest BCUT2D eigenvalue weighted by Gasteiger charge is 2.32. The van der Waals surface area contributed by atoms with Crippen LogP contribution in [0.25, 0.3) is 10.9 Å². The molecule has 1 atom stereocenters. The number of fused-ring (bicyclic) bond motifs is 3. The SMILES string of the molecule is CC(C)(C)OC(=O)ON1CCC(c2cnnn2C2CCc3c(CC(=O)O)c4ccccc4n3C2)CC1. The number of aromatic nitrogens is 4. The molecule has 0 bridgehead atoms. The lowest BCUT2D eigenvalue weighted by Gasteiger charge is -2.32. The smallest absolute Gasteiger partial charge is 0.481 e. The third kappa shape index (κ3) is 4.95. The normalized spacial score (nSPS) is 19.2. The van der Waals surface area contributed by atoms with Gasteiger partial charge in [0, 0.05) is 42.1 Å². The number of para-hydroxylation sites is 1. The van der Waals surface area contributed by atoms with Crippen molar-refractivity contribution >= 4 is 23.0 Å². The molecular formula is C26H33N5O5. The molecule has 36 heavy (non-hydrogen) atoms. The summed E-state index contributed by atoms with van der Waals surface area (Å²) in [6, 6.07) is 8.18. The molecule has 10 heteroatoms. The quantitative estimate of drug-likeness (QED) is 0.527. The van der Waals surface area contributed by atoms with Crippen LogP contribution in [-0.2, 0) is 33.8 Å². The van der Waals surface area contributed by atoms with Gasteiger partial charge in [-0.3, -0.25) is 4.79 Å². The minimum absolute atomic E-state index is 0.0338. The maximum absolute atomic E-state index is 12.0. The molecule has 192 valence electrons. The highest BCUT2D eigenvalue weighted by molar-refractivity contribution is 5.89. The second-order valence-corrected chi connectivity index (χ2v) is 10.7. The summed E-state index contributed by atoms with van der Waals surface area (Å²) in [5, 5.41) is 20.9. The summed E-state index contributed by atoms with van der Waals surface area (Å²) < 4.78 is 9.59. The lowest BCUT2D eigenvalue weighted by molar-refractivity contribution is -0.152. The first-order valence-corrected chi connectivity index (χ1v) is 12.6. The zero-order valence-electron chi connectivity index (χ0n) is 21.0. The molecule has 2 aromatic heterocycles. The van der Waals surface area contributed by atoms with Crippen molar-refractivity contribution in [2.45, 2.75) is 77.0 Å². The Balaban J connectivity index is 1.29. The van der Waals surface area contributed by atoms with Crippen LogP contribution in [0, 0.1) is 0 Å². The zero-order valence-corrected chi connectivity index (χ0v) is 21.0. The molecule has 1 unspecified atom stereocenters. The Morgan fingerprint density at radius 3 is 2.61 bits per heavy atom. The highest BCUT2D eigenvalue weighted by Crippen LogP contribution is 2.36. The van der Waals surface area contributed by atoms with Gasteiger partial charge in [-0.05, 0) is 58.1 Å². The van der Waals surface area contributed by atoms with Crippen molar-refractivity contribution in [3.8, 4) is 0 Å². The second-order valence-electron chi connectivity index (χ2n) is 10.7. The van der Waals surface area contributed by atoms with Crippen LogP contribution in [0.15, 0.2) is 30.5 Å². The zero-order chi connectivity index (χ0) is 25.4. The Bertz CT molecular complexity index is 1270. The molecule has 0 spiro atoms. The van der Waals surface area contributed by atoms with Crippen molar-refractivity contribution in [2.24, 2.45) is 0 Å². The molecule has 0 saturated carbocycles. The van der Waals surface area contributed by atoms with Crippen LogP contribution in [0.2, 0.25) is 0 Å². The summed E-state index contributed by atoms with van der Waals surface area (Å²) in [5.41, 5.74) is 3.62. The molecule has 10 nitrogen and oxygen atoms in total. The van der Waals surface area contributed by atoms with Gasteiger partial charge in [0.15, 0.2) is 0 Å². The van der Waals surface area contributed by atoms with E-state index < -0.39 is 17.7 Å². The molecule has 5 rings (SSSR count). The van der Waals surface area contributed by atoms with Gasteiger partial charge in [-0.15, -0.1) is 10.2 Å². The number of carboxylic acids is 1. The summed E-state index contributed by atoms with van der Waals surface area (Å²) in [7, 11) is 0. The summed E-state index contributed by atoms with van der Waals surface area (Å²) in [6.07, 6.45) is 4.53. The summed E-state index contributed by atoms with van der Waals surface area (Å²) in [5.74, 6) is -0.541. The van der Waals surface area contributed by atoms with Gasteiger partial charge in [-0.25, -0.2) is 9.48 Å². The van der Waals surface area contributed by atoms with E-state index in [2.05, 4.69) is 25.6 Å². The lowest BCUT2D eigenvalue weighted by atomic mass is 9.93. The minimum Gasteiger partial charge on any atom is -0.481 e. The molecule has 0 aliphatic carbocycles. The van der Waals surface area contributed by atoms with Gasteiger partial charge >= 0.3 is 12.1 Å². The molecule has 1 aromatic carbocycles. The Hall–Kier alpha value is -3.40. The van der Waals surface area contributed by atoms with E-state index in [0.717, 1.165) is 60.1 Å². The fraction of sp³-hybridized carbons (Fsp3) is 0.538. The molecule has 1 fully saturated rings. The number of hydrogen-bond acceptors (Lipinski definition) is 7. The second kappa shape index (κ2) is 9.57. The van der Waals surface area contributed by atoms with Crippen LogP contribution in [0.5, 0.6) is 0 Å². The lowest BCUT2D eigenvalue weighted by Crippen LogP contribution is -2.37. The number of aliphatic carboxylic acids is 1. The van der Waals surface area contributed by atoms with Crippen molar-refractivity contribution in [3.63, 3.8) is 0 Å². The minimum atomic E-state index is -0.808. The standard InChI is InChI=1S/C26H33N5O5/c1-26(2,3)35-25(34)36-29-12-10-17(11-13-29)23-15-27-28-31(23)18-8-9-22-20(14-24(32)33)19-6-4-5-7-21(19)30(22)16-18/h4-7,15,17-18H,8-14,16H2,1-3H3,(H,32,33). The van der Waals surface area contributed by atoms with Crippen molar-refractivity contribution in [2.75, 3.05) is 13.1 Å². The van der Waals surface area contributed by atoms with E-state index in [4.69, 9.17) is 9.57 Å². The number of benzene rings is 1. The van der Waals surface area contributed by atoms with Gasteiger partial charge in [0.2, 0.25) is 0 Å². The van der Waals surface area contributed by atoms with E-state index in [1.807, 2.05) is 45.2 Å². The Labute approximate surface area is 209 Å². The molecule has 2 aliphatic heterocycles. The van der Waals surface area contributed by atoms with E-state index in [0.29, 0.717) is 13.1 Å². The summed E-state index contributed by atoms with van der Waals surface area (Å²) in [6.45, 7) is 7.40. The largest absolute Gasteiger partial charge is 0.528 e. The summed E-state index contributed by atoms with van der Waals surface area (Å²) >= 11 is 0. The van der Waals surface area contributed by atoms with Crippen LogP contribution >= 0.6 is 0 Å². The van der Waals surface area contributed by atoms with Crippen LogP contribution in [0.1, 0.15) is 68.9 Å². The maximum atomic E-state index is 12.0. The first kappa shape index (κ1) is 24.3. The van der Waals surface area contributed by atoms with Crippen LogP contribution in [0.3, 0.4) is 0 Å². The molecular weight excluding hydrogens is 462 g/mol. The van der Waals surface area contributed by atoms with Gasteiger partial charge in [0.05, 0.1) is 24.4 Å². The number of nitrogens with zero attached hydrogens (tertiary/aromatic N) is 5. The number of piperidine rings is 1. The van der Waals surface area contributed by atoms with Gasteiger partial charge < -0.3 is 19.2 Å². The Kier molecular flexibility index (Phi) is 6.46. The number of hydroxylamine groups is 2. The molecule has 2 aliphatic rings. The number of hydrogen-bond donors (Lipinski definition) is 1. The van der Waals surface area contributed by atoms with E-state index in [1.165, 1.54) is 0 Å². The van der Waals surface area contributed by atoms with Crippen LogP contribution < -0.4 is 0 Å². The van der Waals surface area contributed by atoms with Crippen molar-refractivity contribution in [1.82, 2.24) is 24.6 Å². The first-order chi connectivity index (χ1) is 17.2. The van der Waals surface area contributed by atoms with Crippen molar-refractivity contribution in [1.29, 1.82) is 0 Å². The fourth-order valence-electron chi connectivity index (χ4n) is 5.52. The monoisotopic (exact) mass is 495 g/mol. The van der Waals surface area contributed by atoms with Crippen molar-refractivity contribution in [3.05, 3.63) is 47.4 Å². The van der Waals surface area contributed by atoms with E-state index >= 15 is 0 Å². The maximum Gasteiger partial charge on any atom is 0.528 e.